The quantitative estimate of drug-likeness (QED) is 0.733. The average Bonchev–Trinajstić information content (AvgIpc) is 2.66. The molecule has 0 bridgehead atoms. The molecule has 0 aromatic carbocycles. The van der Waals surface area contributed by atoms with Gasteiger partial charge in [0, 0.05) is 12.1 Å². The van der Waals surface area contributed by atoms with Crippen LogP contribution in [-0.4, -0.2) is 30.6 Å². The first-order valence-corrected chi connectivity index (χ1v) is 6.52. The lowest BCUT2D eigenvalue weighted by molar-refractivity contribution is 0.128. The van der Waals surface area contributed by atoms with Crippen LogP contribution in [0.4, 0.5) is 0 Å². The van der Waals surface area contributed by atoms with Crippen LogP contribution < -0.4 is 5.73 Å². The van der Waals surface area contributed by atoms with E-state index in [4.69, 9.17) is 5.73 Å². The van der Waals surface area contributed by atoms with Crippen LogP contribution in [0.25, 0.3) is 0 Å². The van der Waals surface area contributed by atoms with Gasteiger partial charge in [0.05, 0.1) is 0 Å². The van der Waals surface area contributed by atoms with Gasteiger partial charge in [0.15, 0.2) is 0 Å². The third-order valence-corrected chi connectivity index (χ3v) is 4.00. The van der Waals surface area contributed by atoms with Gasteiger partial charge in [-0.15, -0.1) is 0 Å². The van der Waals surface area contributed by atoms with Gasteiger partial charge in [-0.1, -0.05) is 26.7 Å². The van der Waals surface area contributed by atoms with E-state index in [1.54, 1.807) is 0 Å². The number of hydrogen-bond donors (Lipinski definition) is 1. The smallest absolute Gasteiger partial charge is 0.0328 e. The third-order valence-electron chi connectivity index (χ3n) is 4.00. The summed E-state index contributed by atoms with van der Waals surface area (Å²) >= 11 is 0. The molecule has 1 rings (SSSR count). The average molecular weight is 212 g/mol. The number of hydrogen-bond acceptors (Lipinski definition) is 2. The summed E-state index contributed by atoms with van der Waals surface area (Å²) in [5, 5.41) is 0. The van der Waals surface area contributed by atoms with Gasteiger partial charge < -0.3 is 5.73 Å². The van der Waals surface area contributed by atoms with E-state index >= 15 is 0 Å². The summed E-state index contributed by atoms with van der Waals surface area (Å²) in [6.07, 6.45) is 8.00. The fourth-order valence-electron chi connectivity index (χ4n) is 2.75. The van der Waals surface area contributed by atoms with Crippen molar-refractivity contribution in [2.45, 2.75) is 57.9 Å². The molecule has 0 atom stereocenters. The molecule has 0 aromatic heterocycles. The molecular formula is C13H28N2. The van der Waals surface area contributed by atoms with Crippen molar-refractivity contribution in [1.82, 2.24) is 4.90 Å². The van der Waals surface area contributed by atoms with Crippen LogP contribution in [0.15, 0.2) is 0 Å². The van der Waals surface area contributed by atoms with Crippen LogP contribution in [0.3, 0.4) is 0 Å². The van der Waals surface area contributed by atoms with Crippen LogP contribution in [0.1, 0.15) is 52.4 Å². The minimum atomic E-state index is 0.344. The van der Waals surface area contributed by atoms with Gasteiger partial charge in [-0.25, -0.2) is 0 Å². The third kappa shape index (κ3) is 3.46. The molecule has 1 aliphatic carbocycles. The molecule has 0 radical (unpaired) electrons. The highest BCUT2D eigenvalue weighted by Crippen LogP contribution is 2.33. The predicted octanol–water partition coefficient (Wildman–Crippen LogP) is 2.63. The first-order valence-electron chi connectivity index (χ1n) is 6.52. The van der Waals surface area contributed by atoms with Crippen molar-refractivity contribution in [3.63, 3.8) is 0 Å². The molecular weight excluding hydrogens is 184 g/mol. The van der Waals surface area contributed by atoms with Gasteiger partial charge in [0.1, 0.15) is 0 Å². The van der Waals surface area contributed by atoms with Crippen LogP contribution in [0, 0.1) is 5.92 Å². The van der Waals surface area contributed by atoms with Crippen LogP contribution in [-0.2, 0) is 0 Å². The molecule has 0 spiro atoms. The van der Waals surface area contributed by atoms with Crippen LogP contribution in [0.2, 0.25) is 0 Å². The molecule has 2 heteroatoms. The summed E-state index contributed by atoms with van der Waals surface area (Å²) in [6.45, 7) is 6.66. The Hall–Kier alpha value is -0.0800. The fourth-order valence-corrected chi connectivity index (χ4v) is 2.75. The Morgan fingerprint density at radius 1 is 1.27 bits per heavy atom. The van der Waals surface area contributed by atoms with Gasteiger partial charge in [-0.2, -0.15) is 0 Å². The highest BCUT2D eigenvalue weighted by atomic mass is 15.2. The lowest BCUT2D eigenvalue weighted by atomic mass is 9.95. The normalized spacial score (nSPS) is 20.4. The van der Waals surface area contributed by atoms with E-state index in [-0.39, 0.29) is 0 Å². The highest BCUT2D eigenvalue weighted by molar-refractivity contribution is 4.94. The van der Waals surface area contributed by atoms with Crippen LogP contribution in [0.5, 0.6) is 0 Å². The Labute approximate surface area is 95.2 Å². The van der Waals surface area contributed by atoms with Gasteiger partial charge in [-0.05, 0) is 45.2 Å². The molecule has 0 heterocycles. The summed E-state index contributed by atoms with van der Waals surface area (Å²) < 4.78 is 0. The van der Waals surface area contributed by atoms with Crippen molar-refractivity contribution in [1.29, 1.82) is 0 Å². The Bertz CT molecular complexity index is 171. The first kappa shape index (κ1) is 13.0. The van der Waals surface area contributed by atoms with E-state index in [0.717, 1.165) is 12.5 Å². The number of rotatable bonds is 6. The summed E-state index contributed by atoms with van der Waals surface area (Å²) in [5.74, 6) is 0.829. The first-order chi connectivity index (χ1) is 7.10. The van der Waals surface area contributed by atoms with E-state index in [9.17, 15) is 0 Å². The van der Waals surface area contributed by atoms with Gasteiger partial charge in [0.2, 0.25) is 0 Å². The maximum Gasteiger partial charge on any atom is 0.0328 e. The second-order valence-electron chi connectivity index (χ2n) is 5.59. The van der Waals surface area contributed by atoms with E-state index in [1.165, 1.54) is 45.1 Å². The Morgan fingerprint density at radius 3 is 2.33 bits per heavy atom. The Morgan fingerprint density at radius 2 is 1.87 bits per heavy atom. The number of nitrogens with two attached hydrogens (primary N) is 1. The van der Waals surface area contributed by atoms with E-state index in [1.807, 2.05) is 0 Å². The summed E-state index contributed by atoms with van der Waals surface area (Å²) in [5.41, 5.74) is 6.30. The zero-order valence-corrected chi connectivity index (χ0v) is 10.8. The minimum Gasteiger partial charge on any atom is -0.329 e. The topological polar surface area (TPSA) is 29.3 Å². The molecule has 0 saturated heterocycles. The van der Waals surface area contributed by atoms with Gasteiger partial charge in [0.25, 0.3) is 0 Å². The molecule has 0 aliphatic heterocycles. The van der Waals surface area contributed by atoms with Crippen molar-refractivity contribution >= 4 is 0 Å². The Balaban J connectivity index is 2.33. The van der Waals surface area contributed by atoms with Gasteiger partial charge in [-0.3, -0.25) is 4.90 Å². The molecule has 1 saturated carbocycles. The van der Waals surface area contributed by atoms with E-state index in [2.05, 4.69) is 25.8 Å². The molecule has 1 aliphatic rings. The molecule has 1 fully saturated rings. The standard InChI is InChI=1S/C13H28N2/c1-12(2)7-6-10-15(3)13(11-14)8-4-5-9-13/h12H,4-11,14H2,1-3H3. The molecule has 0 unspecified atom stereocenters. The summed E-state index contributed by atoms with van der Waals surface area (Å²) in [7, 11) is 2.26. The molecule has 90 valence electrons. The lowest BCUT2D eigenvalue weighted by Crippen LogP contribution is -2.50. The maximum absolute atomic E-state index is 5.96. The maximum atomic E-state index is 5.96. The van der Waals surface area contributed by atoms with Crippen molar-refractivity contribution in [3.8, 4) is 0 Å². The largest absolute Gasteiger partial charge is 0.329 e. The Kier molecular flexibility index (Phi) is 5.07. The van der Waals surface area contributed by atoms with Crippen LogP contribution >= 0.6 is 0 Å². The fraction of sp³-hybridized carbons (Fsp3) is 1.00. The van der Waals surface area contributed by atoms with Crippen molar-refractivity contribution in [2.24, 2.45) is 11.7 Å². The van der Waals surface area contributed by atoms with Gasteiger partial charge >= 0.3 is 0 Å². The van der Waals surface area contributed by atoms with Crippen molar-refractivity contribution < 1.29 is 0 Å². The molecule has 2 nitrogen and oxygen atoms in total. The second kappa shape index (κ2) is 5.86. The predicted molar refractivity (Wildman–Crippen MR) is 67.0 cm³/mol. The molecule has 0 amide bonds. The zero-order chi connectivity index (χ0) is 11.3. The molecule has 0 aromatic rings. The minimum absolute atomic E-state index is 0.344. The number of likely N-dealkylation sites (N-methyl/N-ethyl adjacent to an activating group) is 1. The monoisotopic (exact) mass is 212 g/mol. The van der Waals surface area contributed by atoms with E-state index in [0.29, 0.717) is 5.54 Å². The summed E-state index contributed by atoms with van der Waals surface area (Å²) in [4.78, 5) is 2.53. The summed E-state index contributed by atoms with van der Waals surface area (Å²) in [6, 6.07) is 0. The molecule has 2 N–H and O–H groups in total. The second-order valence-corrected chi connectivity index (χ2v) is 5.59. The zero-order valence-electron chi connectivity index (χ0n) is 10.8. The van der Waals surface area contributed by atoms with Crippen molar-refractivity contribution in [3.05, 3.63) is 0 Å². The lowest BCUT2D eigenvalue weighted by Gasteiger charge is -2.38. The highest BCUT2D eigenvalue weighted by Gasteiger charge is 2.35. The van der Waals surface area contributed by atoms with E-state index < -0.39 is 0 Å². The SMILES string of the molecule is CC(C)CCCN(C)C1(CN)CCCC1. The number of nitrogens with zero attached hydrogens (tertiary/aromatic N) is 1. The van der Waals surface area contributed by atoms with Crippen molar-refractivity contribution in [2.75, 3.05) is 20.1 Å². The molecule has 15 heavy (non-hydrogen) atoms.